The van der Waals surface area contributed by atoms with Crippen molar-refractivity contribution in [2.45, 2.75) is 45.3 Å². The molecule has 3 rings (SSSR count). The van der Waals surface area contributed by atoms with Crippen LogP contribution in [0, 0.1) is 11.6 Å². The average molecular weight is 558 g/mol. The lowest BCUT2D eigenvalue weighted by molar-refractivity contribution is -0.140. The molecule has 208 valence electrons. The van der Waals surface area contributed by atoms with Crippen molar-refractivity contribution in [3.8, 4) is 0 Å². The molecule has 2 atom stereocenters. The van der Waals surface area contributed by atoms with Crippen molar-refractivity contribution < 1.29 is 26.8 Å². The Hall–Kier alpha value is -3.79. The van der Waals surface area contributed by atoms with E-state index in [-0.39, 0.29) is 24.7 Å². The second-order valence-corrected chi connectivity index (χ2v) is 11.3. The van der Waals surface area contributed by atoms with Crippen LogP contribution in [0.3, 0.4) is 0 Å². The molecule has 0 aliphatic carbocycles. The summed E-state index contributed by atoms with van der Waals surface area (Å²) in [5, 5.41) is 2.94. The third-order valence-electron chi connectivity index (χ3n) is 6.33. The van der Waals surface area contributed by atoms with Gasteiger partial charge in [-0.15, -0.1) is 0 Å². The molecule has 7 nitrogen and oxygen atoms in total. The third kappa shape index (κ3) is 8.61. The highest BCUT2D eigenvalue weighted by atomic mass is 32.2. The van der Waals surface area contributed by atoms with E-state index in [0.717, 1.165) is 28.3 Å². The van der Waals surface area contributed by atoms with Crippen LogP contribution in [0.4, 0.5) is 14.5 Å². The maximum atomic E-state index is 13.9. The average Bonchev–Trinajstić information content (AvgIpc) is 2.90. The molecule has 39 heavy (non-hydrogen) atoms. The zero-order valence-electron chi connectivity index (χ0n) is 22.2. The molecule has 0 heterocycles. The predicted octanol–water partition coefficient (Wildman–Crippen LogP) is 4.29. The Morgan fingerprint density at radius 3 is 1.97 bits per heavy atom. The number of hydrogen-bond acceptors (Lipinski definition) is 4. The van der Waals surface area contributed by atoms with Crippen molar-refractivity contribution in [2.75, 3.05) is 17.1 Å². The number of anilines is 1. The lowest BCUT2D eigenvalue weighted by atomic mass is 10.0. The van der Waals surface area contributed by atoms with E-state index in [2.05, 4.69) is 5.32 Å². The first-order valence-corrected chi connectivity index (χ1v) is 14.4. The topological polar surface area (TPSA) is 86.8 Å². The smallest absolute Gasteiger partial charge is 0.244 e. The minimum atomic E-state index is -3.95. The van der Waals surface area contributed by atoms with Gasteiger partial charge in [-0.2, -0.15) is 0 Å². The van der Waals surface area contributed by atoms with Crippen LogP contribution in [0.2, 0.25) is 0 Å². The van der Waals surface area contributed by atoms with E-state index < -0.39 is 46.1 Å². The molecule has 2 amide bonds. The molecule has 3 aromatic rings. The Labute approximate surface area is 228 Å². The molecule has 10 heteroatoms. The molecule has 0 spiro atoms. The maximum absolute atomic E-state index is 13.9. The minimum Gasteiger partial charge on any atom is -0.352 e. The van der Waals surface area contributed by atoms with E-state index in [1.54, 1.807) is 0 Å². The van der Waals surface area contributed by atoms with Crippen molar-refractivity contribution in [3.05, 3.63) is 102 Å². The molecule has 1 N–H and O–H groups in total. The van der Waals surface area contributed by atoms with Crippen molar-refractivity contribution in [1.82, 2.24) is 10.2 Å². The lowest BCUT2D eigenvalue weighted by Gasteiger charge is -2.34. The van der Waals surface area contributed by atoms with E-state index in [4.69, 9.17) is 0 Å². The summed E-state index contributed by atoms with van der Waals surface area (Å²) in [7, 11) is -3.95. The number of carbonyl (C=O) groups excluding carboxylic acids is 2. The Balaban J connectivity index is 2.04. The molecule has 0 aliphatic rings. The van der Waals surface area contributed by atoms with Gasteiger partial charge < -0.3 is 10.2 Å². The van der Waals surface area contributed by atoms with Crippen LogP contribution >= 0.6 is 0 Å². The number of carbonyl (C=O) groups is 2. The van der Waals surface area contributed by atoms with Gasteiger partial charge >= 0.3 is 0 Å². The molecule has 0 aliphatic heterocycles. The molecule has 0 radical (unpaired) electrons. The van der Waals surface area contributed by atoms with Gasteiger partial charge in [0.15, 0.2) is 0 Å². The van der Waals surface area contributed by atoms with Gasteiger partial charge in [0.25, 0.3) is 0 Å². The summed E-state index contributed by atoms with van der Waals surface area (Å²) in [5.74, 6) is -2.04. The maximum Gasteiger partial charge on any atom is 0.244 e. The first-order chi connectivity index (χ1) is 18.5. The lowest BCUT2D eigenvalue weighted by Crippen LogP contribution is -2.54. The van der Waals surface area contributed by atoms with Crippen LogP contribution in [-0.2, 0) is 32.6 Å². The number of amides is 2. The molecule has 0 aromatic heterocycles. The summed E-state index contributed by atoms with van der Waals surface area (Å²) in [6, 6.07) is 18.3. The second kappa shape index (κ2) is 13.3. The largest absolute Gasteiger partial charge is 0.352 e. The van der Waals surface area contributed by atoms with Crippen LogP contribution in [-0.4, -0.2) is 50.0 Å². The number of nitrogens with one attached hydrogen (secondary N) is 1. The van der Waals surface area contributed by atoms with Gasteiger partial charge in [0.2, 0.25) is 21.8 Å². The van der Waals surface area contributed by atoms with Crippen LogP contribution in [0.25, 0.3) is 0 Å². The Kier molecular flexibility index (Phi) is 10.2. The fourth-order valence-electron chi connectivity index (χ4n) is 4.00. The van der Waals surface area contributed by atoms with Crippen molar-refractivity contribution in [3.63, 3.8) is 0 Å². The number of sulfonamides is 1. The van der Waals surface area contributed by atoms with Gasteiger partial charge in [-0.3, -0.25) is 13.9 Å². The van der Waals surface area contributed by atoms with Crippen LogP contribution in [0.1, 0.15) is 31.4 Å². The van der Waals surface area contributed by atoms with Gasteiger partial charge in [-0.05, 0) is 60.9 Å². The van der Waals surface area contributed by atoms with Gasteiger partial charge in [0, 0.05) is 19.0 Å². The summed E-state index contributed by atoms with van der Waals surface area (Å²) in [5.41, 5.74) is 1.47. The van der Waals surface area contributed by atoms with E-state index >= 15 is 0 Å². The Morgan fingerprint density at radius 2 is 1.44 bits per heavy atom. The number of rotatable bonds is 12. The van der Waals surface area contributed by atoms with E-state index in [1.165, 1.54) is 41.3 Å². The second-order valence-electron chi connectivity index (χ2n) is 9.42. The fourth-order valence-corrected chi connectivity index (χ4v) is 4.85. The van der Waals surface area contributed by atoms with Gasteiger partial charge in [0.1, 0.15) is 24.2 Å². The molecule has 0 bridgehead atoms. The highest BCUT2D eigenvalue weighted by molar-refractivity contribution is 7.92. The number of nitrogens with zero attached hydrogens (tertiary/aromatic N) is 2. The monoisotopic (exact) mass is 557 g/mol. The summed E-state index contributed by atoms with van der Waals surface area (Å²) < 4.78 is 53.4. The number of benzene rings is 3. The first-order valence-electron chi connectivity index (χ1n) is 12.6. The fraction of sp³-hybridized carbons (Fsp3) is 0.310. The summed E-state index contributed by atoms with van der Waals surface area (Å²) in [6.07, 6.45) is 1.79. The van der Waals surface area contributed by atoms with E-state index in [0.29, 0.717) is 12.0 Å². The summed E-state index contributed by atoms with van der Waals surface area (Å²) >= 11 is 0. The molecule has 3 aromatic carbocycles. The Morgan fingerprint density at radius 1 is 0.872 bits per heavy atom. The number of halogens is 2. The van der Waals surface area contributed by atoms with Crippen LogP contribution in [0.15, 0.2) is 78.9 Å². The zero-order chi connectivity index (χ0) is 28.6. The van der Waals surface area contributed by atoms with Gasteiger partial charge in [-0.1, -0.05) is 49.4 Å². The van der Waals surface area contributed by atoms with E-state index in [9.17, 15) is 26.8 Å². The zero-order valence-corrected chi connectivity index (χ0v) is 23.0. The summed E-state index contributed by atoms with van der Waals surface area (Å²) in [6.45, 7) is 3.09. The summed E-state index contributed by atoms with van der Waals surface area (Å²) in [4.78, 5) is 28.8. The highest BCUT2D eigenvalue weighted by Crippen LogP contribution is 2.21. The molecular formula is C29H33F2N3O4S. The standard InChI is InChI=1S/C29H33F2N3O4S/c1-4-21(2)32-29(36)27(18-22-8-6-5-7-9-22)33(19-23-10-12-24(30)13-11-23)28(35)20-34(39(3,37)38)26-16-14-25(31)15-17-26/h5-17,21,27H,4,18-20H2,1-3H3,(H,32,36). The highest BCUT2D eigenvalue weighted by Gasteiger charge is 2.33. The minimum absolute atomic E-state index is 0.0639. The molecule has 0 saturated heterocycles. The first kappa shape index (κ1) is 29.8. The van der Waals surface area contributed by atoms with Gasteiger partial charge in [-0.25, -0.2) is 17.2 Å². The van der Waals surface area contributed by atoms with Crippen molar-refractivity contribution in [2.24, 2.45) is 0 Å². The molecular weight excluding hydrogens is 524 g/mol. The van der Waals surface area contributed by atoms with Crippen LogP contribution in [0.5, 0.6) is 0 Å². The third-order valence-corrected chi connectivity index (χ3v) is 7.47. The quantitative estimate of drug-likeness (QED) is 0.360. The predicted molar refractivity (Wildman–Crippen MR) is 147 cm³/mol. The van der Waals surface area contributed by atoms with E-state index in [1.807, 2.05) is 44.2 Å². The van der Waals surface area contributed by atoms with Gasteiger partial charge in [0.05, 0.1) is 11.9 Å². The molecule has 0 saturated carbocycles. The molecule has 0 fully saturated rings. The van der Waals surface area contributed by atoms with Crippen molar-refractivity contribution in [1.29, 1.82) is 0 Å². The van der Waals surface area contributed by atoms with Crippen LogP contribution < -0.4 is 9.62 Å². The number of hydrogen-bond donors (Lipinski definition) is 1. The SMILES string of the molecule is CCC(C)NC(=O)C(Cc1ccccc1)N(Cc1ccc(F)cc1)C(=O)CN(c1ccc(F)cc1)S(C)(=O)=O. The molecule has 2 unspecified atom stereocenters. The Bertz CT molecular complexity index is 1350. The van der Waals surface area contributed by atoms with Crippen molar-refractivity contribution >= 4 is 27.5 Å². The normalized spacial score (nSPS) is 12.8.